The molecule has 6 heteroatoms. The topological polar surface area (TPSA) is 75.6 Å². The molecule has 3 aromatic rings. The highest BCUT2D eigenvalue weighted by Gasteiger charge is 2.27. The summed E-state index contributed by atoms with van der Waals surface area (Å²) in [6.07, 6.45) is 1.55. The quantitative estimate of drug-likeness (QED) is 0.763. The second-order valence-corrected chi connectivity index (χ2v) is 6.77. The lowest BCUT2D eigenvalue weighted by molar-refractivity contribution is -0.141. The van der Waals surface area contributed by atoms with Crippen LogP contribution in [-0.2, 0) is 4.79 Å². The van der Waals surface area contributed by atoms with Gasteiger partial charge in [0.05, 0.1) is 13.0 Å². The van der Waals surface area contributed by atoms with Crippen LogP contribution in [0.4, 0.5) is 5.82 Å². The summed E-state index contributed by atoms with van der Waals surface area (Å²) in [5.41, 5.74) is 1.77. The number of aromatic nitrogens is 2. The number of piperidine rings is 1. The minimum absolute atomic E-state index is 0.361. The summed E-state index contributed by atoms with van der Waals surface area (Å²) in [4.78, 5) is 13.5. The van der Waals surface area contributed by atoms with Gasteiger partial charge in [-0.2, -0.15) is 0 Å². The van der Waals surface area contributed by atoms with Crippen LogP contribution in [0.3, 0.4) is 0 Å². The van der Waals surface area contributed by atoms with Crippen molar-refractivity contribution in [3.05, 3.63) is 48.5 Å². The molecule has 0 bridgehead atoms. The predicted octanol–water partition coefficient (Wildman–Crippen LogP) is 3.61. The number of hydrogen-bond acceptors (Lipinski definition) is 5. The molecular weight excluding hydrogens is 342 g/mol. The lowest BCUT2D eigenvalue weighted by Gasteiger charge is -2.32. The lowest BCUT2D eigenvalue weighted by atomic mass is 9.97. The Morgan fingerprint density at radius 2 is 1.85 bits per heavy atom. The maximum atomic E-state index is 11.4. The van der Waals surface area contributed by atoms with E-state index >= 15 is 0 Å². The molecule has 0 amide bonds. The summed E-state index contributed by atoms with van der Waals surface area (Å²) < 4.78 is 5.23. The molecule has 0 spiro atoms. The molecule has 1 saturated heterocycles. The van der Waals surface area contributed by atoms with Gasteiger partial charge >= 0.3 is 5.97 Å². The first-order valence-electron chi connectivity index (χ1n) is 9.05. The van der Waals surface area contributed by atoms with Gasteiger partial charge in [0, 0.05) is 29.4 Å². The number of aliphatic carboxylic acids is 1. The van der Waals surface area contributed by atoms with E-state index in [1.807, 2.05) is 48.5 Å². The van der Waals surface area contributed by atoms with Crippen LogP contribution in [0.1, 0.15) is 12.8 Å². The first-order chi connectivity index (χ1) is 13.2. The summed E-state index contributed by atoms with van der Waals surface area (Å²) in [6.45, 7) is 1.26. The highest BCUT2D eigenvalue weighted by molar-refractivity contribution is 6.00. The zero-order chi connectivity index (χ0) is 18.8. The molecule has 0 saturated carbocycles. The van der Waals surface area contributed by atoms with Gasteiger partial charge in [-0.05, 0) is 37.1 Å². The van der Waals surface area contributed by atoms with Crippen molar-refractivity contribution in [2.75, 3.05) is 25.1 Å². The molecule has 0 aliphatic carbocycles. The van der Waals surface area contributed by atoms with Gasteiger partial charge in [-0.15, -0.1) is 10.2 Å². The molecule has 2 heterocycles. The molecule has 1 N–H and O–H groups in total. The average Bonchev–Trinajstić information content (AvgIpc) is 2.73. The summed E-state index contributed by atoms with van der Waals surface area (Å²) >= 11 is 0. The van der Waals surface area contributed by atoms with Gasteiger partial charge < -0.3 is 14.7 Å². The third-order valence-electron chi connectivity index (χ3n) is 5.10. The number of ether oxygens (including phenoxy) is 1. The molecule has 4 rings (SSSR count). The maximum Gasteiger partial charge on any atom is 0.308 e. The van der Waals surface area contributed by atoms with E-state index in [1.54, 1.807) is 7.11 Å². The van der Waals surface area contributed by atoms with E-state index in [9.17, 15) is 9.90 Å². The average molecular weight is 363 g/mol. The predicted molar refractivity (Wildman–Crippen MR) is 104 cm³/mol. The third-order valence-corrected chi connectivity index (χ3v) is 5.10. The van der Waals surface area contributed by atoms with E-state index in [1.165, 1.54) is 0 Å². The van der Waals surface area contributed by atoms with E-state index < -0.39 is 5.97 Å². The Kier molecular flexibility index (Phi) is 4.62. The van der Waals surface area contributed by atoms with Crippen LogP contribution in [0.15, 0.2) is 48.5 Å². The Morgan fingerprint density at radius 1 is 1.11 bits per heavy atom. The van der Waals surface area contributed by atoms with Crippen molar-refractivity contribution in [1.82, 2.24) is 10.2 Å². The van der Waals surface area contributed by atoms with Crippen LogP contribution in [-0.4, -0.2) is 41.5 Å². The van der Waals surface area contributed by atoms with Gasteiger partial charge in [0.15, 0.2) is 5.82 Å². The SMILES string of the molecule is COc1ccc(-c2nnc(N3CCCC(C(=O)O)C3)c3ccccc23)cc1. The summed E-state index contributed by atoms with van der Waals surface area (Å²) in [5.74, 6) is 0.446. The Balaban J connectivity index is 1.77. The van der Waals surface area contributed by atoms with Gasteiger partial charge in [-0.1, -0.05) is 24.3 Å². The fourth-order valence-corrected chi connectivity index (χ4v) is 3.66. The smallest absolute Gasteiger partial charge is 0.308 e. The first kappa shape index (κ1) is 17.3. The Bertz CT molecular complexity index is 972. The van der Waals surface area contributed by atoms with Crippen LogP contribution >= 0.6 is 0 Å². The molecule has 27 heavy (non-hydrogen) atoms. The van der Waals surface area contributed by atoms with E-state index in [-0.39, 0.29) is 5.92 Å². The molecule has 6 nitrogen and oxygen atoms in total. The summed E-state index contributed by atoms with van der Waals surface area (Å²) in [6, 6.07) is 15.8. The standard InChI is InChI=1S/C21H21N3O3/c1-27-16-10-8-14(9-11-16)19-17-6-2-3-7-18(17)20(23-22-19)24-12-4-5-15(13-24)21(25)26/h2-3,6-11,15H,4-5,12-13H2,1H3,(H,25,26). The molecular formula is C21H21N3O3. The van der Waals surface area contributed by atoms with E-state index in [4.69, 9.17) is 4.74 Å². The number of carbonyl (C=O) groups is 1. The van der Waals surface area contributed by atoms with Crippen LogP contribution in [0.5, 0.6) is 5.75 Å². The van der Waals surface area contributed by atoms with Crippen LogP contribution in [0, 0.1) is 5.92 Å². The summed E-state index contributed by atoms with van der Waals surface area (Å²) in [5, 5.41) is 20.4. The molecule has 2 aromatic carbocycles. The zero-order valence-corrected chi connectivity index (χ0v) is 15.1. The van der Waals surface area contributed by atoms with Crippen molar-refractivity contribution < 1.29 is 14.6 Å². The second-order valence-electron chi connectivity index (χ2n) is 6.77. The van der Waals surface area contributed by atoms with E-state index in [0.717, 1.165) is 46.6 Å². The van der Waals surface area contributed by atoms with Gasteiger partial charge in [0.25, 0.3) is 0 Å². The van der Waals surface area contributed by atoms with Crippen molar-refractivity contribution in [2.24, 2.45) is 5.92 Å². The summed E-state index contributed by atoms with van der Waals surface area (Å²) in [7, 11) is 1.64. The molecule has 0 radical (unpaired) electrons. The number of methoxy groups -OCH3 is 1. The second kappa shape index (κ2) is 7.23. The van der Waals surface area contributed by atoms with Gasteiger partial charge in [-0.3, -0.25) is 4.79 Å². The van der Waals surface area contributed by atoms with E-state index in [2.05, 4.69) is 15.1 Å². The number of carboxylic acids is 1. The number of fused-ring (bicyclic) bond motifs is 1. The Labute approximate surface area is 157 Å². The minimum atomic E-state index is -0.744. The monoisotopic (exact) mass is 363 g/mol. The van der Waals surface area contributed by atoms with Crippen molar-refractivity contribution in [3.63, 3.8) is 0 Å². The van der Waals surface area contributed by atoms with E-state index in [0.29, 0.717) is 13.0 Å². The third kappa shape index (κ3) is 3.30. The largest absolute Gasteiger partial charge is 0.497 e. The zero-order valence-electron chi connectivity index (χ0n) is 15.1. The molecule has 1 unspecified atom stereocenters. The molecule has 1 aliphatic heterocycles. The van der Waals surface area contributed by atoms with Crippen molar-refractivity contribution in [2.45, 2.75) is 12.8 Å². The highest BCUT2D eigenvalue weighted by atomic mass is 16.5. The molecule has 138 valence electrons. The molecule has 1 fully saturated rings. The Morgan fingerprint density at radius 3 is 2.56 bits per heavy atom. The number of carboxylic acid groups (broad SMARTS) is 1. The van der Waals surface area contributed by atoms with Crippen molar-refractivity contribution in [3.8, 4) is 17.0 Å². The van der Waals surface area contributed by atoms with Crippen molar-refractivity contribution >= 4 is 22.6 Å². The first-order valence-corrected chi connectivity index (χ1v) is 9.05. The van der Waals surface area contributed by atoms with Crippen LogP contribution < -0.4 is 9.64 Å². The van der Waals surface area contributed by atoms with Crippen LogP contribution in [0.25, 0.3) is 22.0 Å². The lowest BCUT2D eigenvalue weighted by Crippen LogP contribution is -2.39. The van der Waals surface area contributed by atoms with Gasteiger partial charge in [0.1, 0.15) is 11.4 Å². The number of anilines is 1. The number of nitrogens with zero attached hydrogens (tertiary/aromatic N) is 3. The van der Waals surface area contributed by atoms with Crippen molar-refractivity contribution in [1.29, 1.82) is 0 Å². The van der Waals surface area contributed by atoms with Gasteiger partial charge in [-0.25, -0.2) is 0 Å². The fraction of sp³-hybridized carbons (Fsp3) is 0.286. The van der Waals surface area contributed by atoms with Gasteiger partial charge in [0.2, 0.25) is 0 Å². The Hall–Kier alpha value is -3.15. The minimum Gasteiger partial charge on any atom is -0.497 e. The normalized spacial score (nSPS) is 17.1. The molecule has 1 aromatic heterocycles. The number of rotatable bonds is 4. The molecule has 1 aliphatic rings. The highest BCUT2D eigenvalue weighted by Crippen LogP contribution is 2.33. The molecule has 1 atom stereocenters. The van der Waals surface area contributed by atoms with Crippen LogP contribution in [0.2, 0.25) is 0 Å². The fourth-order valence-electron chi connectivity index (χ4n) is 3.66. The maximum absolute atomic E-state index is 11.4. The number of benzene rings is 2. The number of hydrogen-bond donors (Lipinski definition) is 1.